The topological polar surface area (TPSA) is 49.4 Å². The standard InChI is InChI=1S/C16H20F2N2O2/c1-3-4-9-20(2)15(22)16(7-8-16)14(21)19-13-6-5-11(17)10-12(13)18/h5-6,10H,3-4,7-9H2,1-2H3,(H,19,21). The van der Waals surface area contributed by atoms with E-state index in [2.05, 4.69) is 5.32 Å². The lowest BCUT2D eigenvalue weighted by Crippen LogP contribution is -2.41. The maximum absolute atomic E-state index is 13.6. The Hall–Kier alpha value is -1.98. The van der Waals surface area contributed by atoms with Crippen molar-refractivity contribution in [2.45, 2.75) is 32.6 Å². The van der Waals surface area contributed by atoms with Gasteiger partial charge in [-0.05, 0) is 31.4 Å². The number of carbonyl (C=O) groups excluding carboxylic acids is 2. The minimum Gasteiger partial charge on any atom is -0.345 e. The molecule has 2 rings (SSSR count). The molecule has 1 saturated carbocycles. The van der Waals surface area contributed by atoms with Crippen molar-refractivity contribution >= 4 is 17.5 Å². The highest BCUT2D eigenvalue weighted by Crippen LogP contribution is 2.48. The van der Waals surface area contributed by atoms with E-state index in [0.29, 0.717) is 25.5 Å². The number of rotatable bonds is 6. The zero-order valence-corrected chi connectivity index (χ0v) is 12.8. The minimum absolute atomic E-state index is 0.110. The van der Waals surface area contributed by atoms with Crippen LogP contribution in [0.15, 0.2) is 18.2 Å². The Morgan fingerprint density at radius 2 is 2.00 bits per heavy atom. The van der Waals surface area contributed by atoms with Crippen LogP contribution in [-0.4, -0.2) is 30.3 Å². The van der Waals surface area contributed by atoms with Crippen LogP contribution < -0.4 is 5.32 Å². The second-order valence-electron chi connectivity index (χ2n) is 5.74. The first kappa shape index (κ1) is 16.4. The number of amides is 2. The number of anilines is 1. The molecule has 1 aliphatic rings. The molecule has 0 heterocycles. The van der Waals surface area contributed by atoms with Crippen LogP contribution in [0.2, 0.25) is 0 Å². The molecular formula is C16H20F2N2O2. The molecule has 0 bridgehead atoms. The maximum Gasteiger partial charge on any atom is 0.240 e. The number of carbonyl (C=O) groups is 2. The highest BCUT2D eigenvalue weighted by Gasteiger charge is 2.57. The molecule has 0 spiro atoms. The number of halogens is 2. The Labute approximate surface area is 128 Å². The summed E-state index contributed by atoms with van der Waals surface area (Å²) in [5.41, 5.74) is -1.20. The quantitative estimate of drug-likeness (QED) is 0.821. The lowest BCUT2D eigenvalue weighted by atomic mass is 10.0. The molecular weight excluding hydrogens is 290 g/mol. The fourth-order valence-electron chi connectivity index (χ4n) is 2.36. The van der Waals surface area contributed by atoms with Crippen molar-refractivity contribution in [1.82, 2.24) is 4.90 Å². The number of hydrogen-bond acceptors (Lipinski definition) is 2. The molecule has 1 N–H and O–H groups in total. The van der Waals surface area contributed by atoms with Gasteiger partial charge in [-0.2, -0.15) is 0 Å². The van der Waals surface area contributed by atoms with Crippen molar-refractivity contribution in [2.75, 3.05) is 18.9 Å². The van der Waals surface area contributed by atoms with Crippen molar-refractivity contribution in [3.8, 4) is 0 Å². The Morgan fingerprint density at radius 1 is 1.32 bits per heavy atom. The summed E-state index contributed by atoms with van der Waals surface area (Å²) < 4.78 is 26.5. The molecule has 1 aromatic rings. The molecule has 0 unspecified atom stereocenters. The van der Waals surface area contributed by atoms with Gasteiger partial charge >= 0.3 is 0 Å². The van der Waals surface area contributed by atoms with Crippen LogP contribution in [0.25, 0.3) is 0 Å². The van der Waals surface area contributed by atoms with Crippen molar-refractivity contribution in [3.05, 3.63) is 29.8 Å². The lowest BCUT2D eigenvalue weighted by molar-refractivity contribution is -0.141. The summed E-state index contributed by atoms with van der Waals surface area (Å²) in [6.45, 7) is 2.62. The number of unbranched alkanes of at least 4 members (excludes halogenated alkanes) is 1. The van der Waals surface area contributed by atoms with Crippen molar-refractivity contribution in [2.24, 2.45) is 5.41 Å². The molecule has 22 heavy (non-hydrogen) atoms. The molecule has 0 radical (unpaired) electrons. The first-order valence-electron chi connectivity index (χ1n) is 7.43. The third kappa shape index (κ3) is 3.26. The van der Waals surface area contributed by atoms with Crippen LogP contribution in [0.4, 0.5) is 14.5 Å². The summed E-state index contributed by atoms with van der Waals surface area (Å²) in [7, 11) is 1.67. The third-order valence-corrected chi connectivity index (χ3v) is 3.97. The molecule has 2 amide bonds. The van der Waals surface area contributed by atoms with E-state index >= 15 is 0 Å². The molecule has 4 nitrogen and oxygen atoms in total. The molecule has 6 heteroatoms. The van der Waals surface area contributed by atoms with Gasteiger partial charge in [0.05, 0.1) is 5.69 Å². The van der Waals surface area contributed by atoms with Gasteiger partial charge < -0.3 is 10.2 Å². The molecule has 0 atom stereocenters. The predicted octanol–water partition coefficient (Wildman–Crippen LogP) is 2.94. The first-order chi connectivity index (χ1) is 10.4. The Kier molecular flexibility index (Phi) is 4.78. The zero-order chi connectivity index (χ0) is 16.3. The first-order valence-corrected chi connectivity index (χ1v) is 7.43. The molecule has 1 fully saturated rings. The highest BCUT2D eigenvalue weighted by molar-refractivity contribution is 6.13. The normalized spacial score (nSPS) is 15.3. The molecule has 0 saturated heterocycles. The predicted molar refractivity (Wildman–Crippen MR) is 79.2 cm³/mol. The van der Waals surface area contributed by atoms with E-state index in [1.165, 1.54) is 0 Å². The summed E-state index contributed by atoms with van der Waals surface area (Å²) >= 11 is 0. The fourth-order valence-corrected chi connectivity index (χ4v) is 2.36. The van der Waals surface area contributed by atoms with Crippen molar-refractivity contribution in [3.63, 3.8) is 0 Å². The van der Waals surface area contributed by atoms with Gasteiger partial charge in [0.1, 0.15) is 17.0 Å². The van der Waals surface area contributed by atoms with E-state index in [1.54, 1.807) is 11.9 Å². The van der Waals surface area contributed by atoms with Gasteiger partial charge in [0.2, 0.25) is 11.8 Å². The van der Waals surface area contributed by atoms with Gasteiger partial charge in [-0.1, -0.05) is 13.3 Å². The van der Waals surface area contributed by atoms with Crippen LogP contribution in [0.3, 0.4) is 0 Å². The van der Waals surface area contributed by atoms with Gasteiger partial charge in [0.25, 0.3) is 0 Å². The van der Waals surface area contributed by atoms with E-state index in [9.17, 15) is 18.4 Å². The Bertz CT molecular complexity index is 586. The molecule has 1 aliphatic carbocycles. The summed E-state index contributed by atoms with van der Waals surface area (Å²) in [5, 5.41) is 2.40. The largest absolute Gasteiger partial charge is 0.345 e. The van der Waals surface area contributed by atoms with Crippen LogP contribution in [-0.2, 0) is 9.59 Å². The van der Waals surface area contributed by atoms with Crippen LogP contribution in [0, 0.1) is 17.0 Å². The monoisotopic (exact) mass is 310 g/mol. The number of nitrogens with one attached hydrogen (secondary N) is 1. The minimum atomic E-state index is -1.09. The molecule has 0 aromatic heterocycles. The van der Waals surface area contributed by atoms with E-state index in [4.69, 9.17) is 0 Å². The second kappa shape index (κ2) is 6.42. The third-order valence-electron chi connectivity index (χ3n) is 3.97. The van der Waals surface area contributed by atoms with Gasteiger partial charge in [-0.3, -0.25) is 9.59 Å². The molecule has 0 aliphatic heterocycles. The van der Waals surface area contributed by atoms with Gasteiger partial charge in [-0.25, -0.2) is 8.78 Å². The molecule has 120 valence electrons. The maximum atomic E-state index is 13.6. The van der Waals surface area contributed by atoms with E-state index in [1.807, 2.05) is 6.92 Å². The number of nitrogens with zero attached hydrogens (tertiary/aromatic N) is 1. The second-order valence-corrected chi connectivity index (χ2v) is 5.74. The van der Waals surface area contributed by atoms with Crippen molar-refractivity contribution in [1.29, 1.82) is 0 Å². The Balaban J connectivity index is 2.06. The summed E-state index contributed by atoms with van der Waals surface area (Å²) in [4.78, 5) is 26.3. The smallest absolute Gasteiger partial charge is 0.240 e. The Morgan fingerprint density at radius 3 is 2.55 bits per heavy atom. The zero-order valence-electron chi connectivity index (χ0n) is 12.8. The summed E-state index contributed by atoms with van der Waals surface area (Å²) in [5.74, 6) is -2.32. The van der Waals surface area contributed by atoms with Crippen LogP contribution in [0.1, 0.15) is 32.6 Å². The summed E-state index contributed by atoms with van der Waals surface area (Å²) in [6.07, 6.45) is 2.73. The lowest BCUT2D eigenvalue weighted by Gasteiger charge is -2.23. The highest BCUT2D eigenvalue weighted by atomic mass is 19.1. The van der Waals surface area contributed by atoms with E-state index < -0.39 is 23.0 Å². The van der Waals surface area contributed by atoms with Crippen molar-refractivity contribution < 1.29 is 18.4 Å². The van der Waals surface area contributed by atoms with Gasteiger partial charge in [-0.15, -0.1) is 0 Å². The van der Waals surface area contributed by atoms with Gasteiger partial charge in [0.15, 0.2) is 0 Å². The number of benzene rings is 1. The molecule has 1 aromatic carbocycles. The van der Waals surface area contributed by atoms with Crippen LogP contribution >= 0.6 is 0 Å². The van der Waals surface area contributed by atoms with Crippen LogP contribution in [0.5, 0.6) is 0 Å². The van der Waals surface area contributed by atoms with E-state index in [-0.39, 0.29) is 11.6 Å². The van der Waals surface area contributed by atoms with Gasteiger partial charge in [0, 0.05) is 19.7 Å². The van der Waals surface area contributed by atoms with E-state index in [0.717, 1.165) is 25.0 Å². The SMILES string of the molecule is CCCCN(C)C(=O)C1(C(=O)Nc2ccc(F)cc2F)CC1. The average Bonchev–Trinajstić information content (AvgIpc) is 3.28. The fraction of sp³-hybridized carbons (Fsp3) is 0.500. The summed E-state index contributed by atoms with van der Waals surface area (Å²) in [6, 6.07) is 2.92. The number of hydrogen-bond donors (Lipinski definition) is 1. The average molecular weight is 310 g/mol.